The second kappa shape index (κ2) is 7.57. The molecule has 0 fully saturated rings. The fourth-order valence-corrected chi connectivity index (χ4v) is 1.81. The van der Waals surface area contributed by atoms with Crippen molar-refractivity contribution in [2.24, 2.45) is 0 Å². The Morgan fingerprint density at radius 1 is 1.27 bits per heavy atom. The zero-order valence-electron chi connectivity index (χ0n) is 11.8. The largest absolute Gasteiger partial charge is 0.507 e. The summed E-state index contributed by atoms with van der Waals surface area (Å²) in [6.07, 6.45) is -0.298. The summed E-state index contributed by atoms with van der Waals surface area (Å²) in [5, 5.41) is 39.5. The number of aromatic hydroxyl groups is 1. The number of carboxylic acids is 1. The minimum absolute atomic E-state index is 0.0418. The fraction of sp³-hybridized carbons (Fsp3) is 0.308. The third-order valence-electron chi connectivity index (χ3n) is 3.04. The molecule has 1 amide bonds. The van der Waals surface area contributed by atoms with Crippen LogP contribution in [-0.4, -0.2) is 51.0 Å². The van der Waals surface area contributed by atoms with Crippen LogP contribution < -0.4 is 5.32 Å². The molecule has 9 heteroatoms. The molecular weight excluding hydrogens is 293 g/mol. The number of rotatable bonds is 7. The maximum Gasteiger partial charge on any atom is 0.475 e. The summed E-state index contributed by atoms with van der Waals surface area (Å²) in [5.74, 6) is -4.84. The predicted octanol–water partition coefficient (Wildman–Crippen LogP) is -0.891. The molecule has 0 heterocycles. The van der Waals surface area contributed by atoms with Crippen molar-refractivity contribution in [1.29, 1.82) is 0 Å². The Morgan fingerprint density at radius 3 is 2.41 bits per heavy atom. The molecular formula is C13H16BNO7. The number of para-hydroxylation sites is 1. The van der Waals surface area contributed by atoms with Gasteiger partial charge in [-0.2, -0.15) is 0 Å². The van der Waals surface area contributed by atoms with Gasteiger partial charge in [-0.05, 0) is 18.1 Å². The van der Waals surface area contributed by atoms with Gasteiger partial charge in [0.2, 0.25) is 5.78 Å². The maximum absolute atomic E-state index is 11.5. The van der Waals surface area contributed by atoms with Gasteiger partial charge in [0.05, 0.1) is 5.94 Å². The standard InChI is InChI=1S/C13H16BNO7/c1-2-9(16)12(18)15-10(14(21)22)6-7-4-3-5-8(11(7)17)13(19)20/h3-5,10,17,21-22H,2,6H2,1H3,(H,15,18)(H,19,20). The van der Waals surface area contributed by atoms with Gasteiger partial charge >= 0.3 is 13.1 Å². The van der Waals surface area contributed by atoms with E-state index in [0.29, 0.717) is 0 Å². The fourth-order valence-electron chi connectivity index (χ4n) is 1.81. The Balaban J connectivity index is 2.97. The van der Waals surface area contributed by atoms with Gasteiger partial charge in [-0.15, -0.1) is 0 Å². The van der Waals surface area contributed by atoms with E-state index >= 15 is 0 Å². The topological polar surface area (TPSA) is 144 Å². The van der Waals surface area contributed by atoms with Gasteiger partial charge in [0, 0.05) is 6.42 Å². The van der Waals surface area contributed by atoms with Crippen LogP contribution in [0.15, 0.2) is 18.2 Å². The van der Waals surface area contributed by atoms with Crippen LogP contribution in [0.25, 0.3) is 0 Å². The van der Waals surface area contributed by atoms with Gasteiger partial charge in [-0.25, -0.2) is 4.79 Å². The molecule has 1 atom stereocenters. The summed E-state index contributed by atoms with van der Waals surface area (Å²) in [5.41, 5.74) is -0.248. The molecule has 0 aliphatic carbocycles. The highest BCUT2D eigenvalue weighted by Crippen LogP contribution is 2.23. The van der Waals surface area contributed by atoms with Crippen molar-refractivity contribution in [3.63, 3.8) is 0 Å². The van der Waals surface area contributed by atoms with E-state index < -0.39 is 36.5 Å². The van der Waals surface area contributed by atoms with E-state index in [2.05, 4.69) is 5.32 Å². The normalized spacial score (nSPS) is 11.6. The molecule has 118 valence electrons. The second-order valence-electron chi connectivity index (χ2n) is 4.59. The third-order valence-corrected chi connectivity index (χ3v) is 3.04. The minimum atomic E-state index is -1.98. The first-order chi connectivity index (χ1) is 10.3. The molecule has 0 spiro atoms. The Morgan fingerprint density at radius 2 is 1.91 bits per heavy atom. The number of amides is 1. The molecule has 0 saturated carbocycles. The molecule has 0 radical (unpaired) electrons. The lowest BCUT2D eigenvalue weighted by atomic mass is 9.75. The van der Waals surface area contributed by atoms with Crippen molar-refractivity contribution < 1.29 is 34.6 Å². The molecule has 0 aliphatic rings. The lowest BCUT2D eigenvalue weighted by Gasteiger charge is -2.18. The molecule has 0 bridgehead atoms. The Hall–Kier alpha value is -2.39. The van der Waals surface area contributed by atoms with E-state index in [1.54, 1.807) is 0 Å². The summed E-state index contributed by atoms with van der Waals surface area (Å²) in [4.78, 5) is 33.7. The van der Waals surface area contributed by atoms with Crippen LogP contribution in [0.2, 0.25) is 0 Å². The van der Waals surface area contributed by atoms with E-state index in [0.717, 1.165) is 0 Å². The number of carbonyl (C=O) groups is 3. The first kappa shape index (κ1) is 17.7. The molecule has 0 saturated heterocycles. The van der Waals surface area contributed by atoms with Crippen LogP contribution in [0.5, 0.6) is 5.75 Å². The van der Waals surface area contributed by atoms with Crippen LogP contribution in [0.3, 0.4) is 0 Å². The lowest BCUT2D eigenvalue weighted by Crippen LogP contribution is -2.49. The quantitative estimate of drug-likeness (QED) is 0.324. The molecule has 0 aromatic heterocycles. The highest BCUT2D eigenvalue weighted by Gasteiger charge is 2.29. The Labute approximate surface area is 126 Å². The molecule has 1 aromatic carbocycles. The van der Waals surface area contributed by atoms with Gasteiger partial charge in [0.25, 0.3) is 5.91 Å². The zero-order chi connectivity index (χ0) is 16.9. The molecule has 22 heavy (non-hydrogen) atoms. The summed E-state index contributed by atoms with van der Waals surface area (Å²) >= 11 is 0. The van der Waals surface area contributed by atoms with E-state index in [1.165, 1.54) is 25.1 Å². The van der Waals surface area contributed by atoms with E-state index in [1.807, 2.05) is 0 Å². The summed E-state index contributed by atoms with van der Waals surface area (Å²) in [7, 11) is -1.98. The smallest absolute Gasteiger partial charge is 0.475 e. The van der Waals surface area contributed by atoms with Crippen LogP contribution in [0.1, 0.15) is 29.3 Å². The van der Waals surface area contributed by atoms with Crippen molar-refractivity contribution >= 4 is 24.8 Å². The molecule has 1 unspecified atom stereocenters. The van der Waals surface area contributed by atoms with Crippen LogP contribution >= 0.6 is 0 Å². The van der Waals surface area contributed by atoms with Gasteiger partial charge in [0.1, 0.15) is 11.3 Å². The molecule has 1 rings (SSSR count). The number of hydrogen-bond acceptors (Lipinski definition) is 6. The van der Waals surface area contributed by atoms with Gasteiger partial charge < -0.3 is 25.6 Å². The number of benzene rings is 1. The maximum atomic E-state index is 11.5. The van der Waals surface area contributed by atoms with Crippen molar-refractivity contribution in [2.75, 3.05) is 0 Å². The van der Waals surface area contributed by atoms with Crippen molar-refractivity contribution in [3.8, 4) is 5.75 Å². The highest BCUT2D eigenvalue weighted by atomic mass is 16.4. The number of ketones is 1. The monoisotopic (exact) mass is 309 g/mol. The first-order valence-corrected chi connectivity index (χ1v) is 6.51. The zero-order valence-corrected chi connectivity index (χ0v) is 11.8. The second-order valence-corrected chi connectivity index (χ2v) is 4.59. The number of carbonyl (C=O) groups excluding carboxylic acids is 2. The molecule has 0 aliphatic heterocycles. The number of nitrogens with one attached hydrogen (secondary N) is 1. The Kier molecular flexibility index (Phi) is 6.08. The number of Topliss-reactive ketones (excluding diaryl/α,β-unsaturated/α-hetero) is 1. The lowest BCUT2D eigenvalue weighted by molar-refractivity contribution is -0.137. The SMILES string of the molecule is CCC(=O)C(=O)NC(Cc1cccc(C(=O)O)c1O)B(O)O. The van der Waals surface area contributed by atoms with Crippen LogP contribution in [-0.2, 0) is 16.0 Å². The average Bonchev–Trinajstić information content (AvgIpc) is 2.46. The van der Waals surface area contributed by atoms with E-state index in [-0.39, 0.29) is 24.0 Å². The van der Waals surface area contributed by atoms with E-state index in [4.69, 9.17) is 5.11 Å². The minimum Gasteiger partial charge on any atom is -0.507 e. The van der Waals surface area contributed by atoms with Crippen LogP contribution in [0.4, 0.5) is 0 Å². The number of carboxylic acid groups (broad SMARTS) is 1. The van der Waals surface area contributed by atoms with Gasteiger partial charge in [-0.1, -0.05) is 19.1 Å². The van der Waals surface area contributed by atoms with Crippen molar-refractivity contribution in [1.82, 2.24) is 5.32 Å². The predicted molar refractivity (Wildman–Crippen MR) is 76.2 cm³/mol. The van der Waals surface area contributed by atoms with Gasteiger partial charge in [0.15, 0.2) is 0 Å². The van der Waals surface area contributed by atoms with Crippen molar-refractivity contribution in [3.05, 3.63) is 29.3 Å². The molecule has 5 N–H and O–H groups in total. The van der Waals surface area contributed by atoms with Crippen molar-refractivity contribution in [2.45, 2.75) is 25.7 Å². The van der Waals surface area contributed by atoms with Gasteiger partial charge in [-0.3, -0.25) is 9.59 Å². The third kappa shape index (κ3) is 4.30. The molecule has 8 nitrogen and oxygen atoms in total. The summed E-state index contributed by atoms with van der Waals surface area (Å²) < 4.78 is 0. The number of hydrogen-bond donors (Lipinski definition) is 5. The van der Waals surface area contributed by atoms with E-state index in [9.17, 15) is 29.5 Å². The Bertz CT molecular complexity index is 588. The highest BCUT2D eigenvalue weighted by molar-refractivity contribution is 6.45. The molecule has 1 aromatic rings. The average molecular weight is 309 g/mol. The summed E-state index contributed by atoms with van der Waals surface area (Å²) in [6.45, 7) is 1.48. The first-order valence-electron chi connectivity index (χ1n) is 6.51. The summed E-state index contributed by atoms with van der Waals surface area (Å²) in [6, 6.07) is 3.94. The number of phenols is 1. The number of aromatic carboxylic acids is 1. The van der Waals surface area contributed by atoms with Crippen LogP contribution in [0, 0.1) is 0 Å².